The average Bonchev–Trinajstić information content (AvgIpc) is 2.79. The van der Waals surface area contributed by atoms with E-state index in [0.717, 1.165) is 41.4 Å². The van der Waals surface area contributed by atoms with Crippen LogP contribution in [0.4, 0.5) is 16.3 Å². The zero-order chi connectivity index (χ0) is 22.6. The van der Waals surface area contributed by atoms with Crippen molar-refractivity contribution in [3.8, 4) is 11.3 Å². The zero-order valence-corrected chi connectivity index (χ0v) is 18.8. The van der Waals surface area contributed by atoms with Crippen molar-refractivity contribution in [2.24, 2.45) is 0 Å². The lowest BCUT2D eigenvalue weighted by Gasteiger charge is -2.33. The number of hydrogen-bond donors (Lipinski definition) is 1. The minimum Gasteiger partial charge on any atom is -0.444 e. The largest absolute Gasteiger partial charge is 0.444 e. The van der Waals surface area contributed by atoms with Crippen molar-refractivity contribution in [1.29, 1.82) is 0 Å². The van der Waals surface area contributed by atoms with Gasteiger partial charge in [0.15, 0.2) is 0 Å². The Morgan fingerprint density at radius 3 is 2.56 bits per heavy atom. The molecule has 3 heterocycles. The second-order valence-corrected chi connectivity index (χ2v) is 8.99. The molecule has 0 aliphatic carbocycles. The summed E-state index contributed by atoms with van der Waals surface area (Å²) in [7, 11) is 0. The van der Waals surface area contributed by atoms with E-state index in [1.807, 2.05) is 69.3 Å². The van der Waals surface area contributed by atoms with Gasteiger partial charge in [-0.05, 0) is 57.9 Å². The van der Waals surface area contributed by atoms with Crippen molar-refractivity contribution in [1.82, 2.24) is 19.9 Å². The number of nitrogens with zero attached hydrogens (tertiary/aromatic N) is 4. The molecular formula is C25H29N5O2. The predicted molar refractivity (Wildman–Crippen MR) is 125 cm³/mol. The fourth-order valence-electron chi connectivity index (χ4n) is 3.73. The van der Waals surface area contributed by atoms with Crippen LogP contribution in [-0.2, 0) is 4.74 Å². The summed E-state index contributed by atoms with van der Waals surface area (Å²) in [5.74, 6) is 1.49. The van der Waals surface area contributed by atoms with Gasteiger partial charge in [0.1, 0.15) is 17.2 Å². The Bertz CT molecular complexity index is 1050. The molecule has 3 aromatic rings. The maximum Gasteiger partial charge on any atom is 0.410 e. The molecule has 0 saturated carbocycles. The molecule has 1 aliphatic rings. The van der Waals surface area contributed by atoms with E-state index in [1.54, 1.807) is 17.3 Å². The van der Waals surface area contributed by atoms with Gasteiger partial charge < -0.3 is 15.0 Å². The molecule has 1 N–H and O–H groups in total. The van der Waals surface area contributed by atoms with Crippen LogP contribution in [0.25, 0.3) is 11.3 Å². The number of para-hydroxylation sites is 1. The van der Waals surface area contributed by atoms with Crippen LogP contribution in [0.15, 0.2) is 60.9 Å². The van der Waals surface area contributed by atoms with E-state index in [2.05, 4.69) is 10.3 Å². The molecule has 0 unspecified atom stereocenters. The average molecular weight is 432 g/mol. The molecule has 7 nitrogen and oxygen atoms in total. The maximum atomic E-state index is 12.6. The number of piperidine rings is 1. The van der Waals surface area contributed by atoms with E-state index in [0.29, 0.717) is 13.1 Å². The molecule has 1 amide bonds. The molecule has 7 heteroatoms. The van der Waals surface area contributed by atoms with Gasteiger partial charge in [-0.15, -0.1) is 0 Å². The van der Waals surface area contributed by atoms with Crippen molar-refractivity contribution < 1.29 is 9.53 Å². The van der Waals surface area contributed by atoms with E-state index in [4.69, 9.17) is 14.7 Å². The van der Waals surface area contributed by atoms with Gasteiger partial charge in [0.05, 0.1) is 5.69 Å². The minimum absolute atomic E-state index is 0.0365. The first-order valence-corrected chi connectivity index (χ1v) is 11.0. The van der Waals surface area contributed by atoms with Crippen LogP contribution in [0.5, 0.6) is 0 Å². The molecule has 2 aromatic heterocycles. The Kier molecular flexibility index (Phi) is 6.35. The second kappa shape index (κ2) is 9.34. The van der Waals surface area contributed by atoms with Gasteiger partial charge >= 0.3 is 6.09 Å². The summed E-state index contributed by atoms with van der Waals surface area (Å²) >= 11 is 0. The molecule has 1 aliphatic heterocycles. The Labute approximate surface area is 188 Å². The highest BCUT2D eigenvalue weighted by atomic mass is 16.6. The monoisotopic (exact) mass is 431 g/mol. The molecule has 32 heavy (non-hydrogen) atoms. The molecular weight excluding hydrogens is 402 g/mol. The number of nitrogens with one attached hydrogen (secondary N) is 1. The zero-order valence-electron chi connectivity index (χ0n) is 18.8. The standard InChI is InChI=1S/C25H29N5O2/c1-25(2,3)32-24(31)30-15-7-8-19(17-30)23-28-21(18-11-13-26-14-12-18)16-22(29-23)27-20-9-5-4-6-10-20/h4-6,9-14,16,19H,7-8,15,17H2,1-3H3,(H,27,28,29)/t19-/m0/s1. The normalized spacial score (nSPS) is 16.5. The van der Waals surface area contributed by atoms with Crippen molar-refractivity contribution in [2.75, 3.05) is 18.4 Å². The third-order valence-corrected chi connectivity index (χ3v) is 5.20. The SMILES string of the molecule is CC(C)(C)OC(=O)N1CCC[C@H](c2nc(Nc3ccccc3)cc(-c3ccncc3)n2)C1. The molecule has 0 spiro atoms. The van der Waals surface area contributed by atoms with Crippen LogP contribution in [0, 0.1) is 0 Å². The summed E-state index contributed by atoms with van der Waals surface area (Å²) in [5, 5.41) is 3.39. The number of hydrogen-bond acceptors (Lipinski definition) is 6. The van der Waals surface area contributed by atoms with E-state index in [1.165, 1.54) is 0 Å². The molecule has 4 rings (SSSR count). The maximum absolute atomic E-state index is 12.6. The van der Waals surface area contributed by atoms with Crippen LogP contribution in [0.1, 0.15) is 45.4 Å². The first-order chi connectivity index (χ1) is 15.4. The first kappa shape index (κ1) is 21.7. The predicted octanol–water partition coefficient (Wildman–Crippen LogP) is 5.40. The molecule has 1 atom stereocenters. The van der Waals surface area contributed by atoms with Gasteiger partial charge in [-0.25, -0.2) is 14.8 Å². The van der Waals surface area contributed by atoms with E-state index in [9.17, 15) is 4.79 Å². The molecule has 1 fully saturated rings. The number of ether oxygens (including phenoxy) is 1. The number of rotatable bonds is 4. The number of likely N-dealkylation sites (tertiary alicyclic amines) is 1. The molecule has 0 radical (unpaired) electrons. The highest BCUT2D eigenvalue weighted by Crippen LogP contribution is 2.29. The second-order valence-electron chi connectivity index (χ2n) is 8.99. The number of anilines is 2. The summed E-state index contributed by atoms with van der Waals surface area (Å²) in [4.78, 5) is 28.2. The van der Waals surface area contributed by atoms with Gasteiger partial charge in [0, 0.05) is 48.7 Å². The topological polar surface area (TPSA) is 80.2 Å². The number of benzene rings is 1. The van der Waals surface area contributed by atoms with Crippen LogP contribution < -0.4 is 5.32 Å². The third-order valence-electron chi connectivity index (χ3n) is 5.20. The lowest BCUT2D eigenvalue weighted by molar-refractivity contribution is 0.0196. The van der Waals surface area contributed by atoms with Crippen molar-refractivity contribution in [2.45, 2.75) is 45.1 Å². The summed E-state index contributed by atoms with van der Waals surface area (Å²) in [6, 6.07) is 15.8. The smallest absolute Gasteiger partial charge is 0.410 e. The van der Waals surface area contributed by atoms with Crippen LogP contribution >= 0.6 is 0 Å². The van der Waals surface area contributed by atoms with Crippen molar-refractivity contribution in [3.05, 3.63) is 66.7 Å². The summed E-state index contributed by atoms with van der Waals surface area (Å²) in [6.07, 6.45) is 5.03. The number of pyridine rings is 1. The van der Waals surface area contributed by atoms with Gasteiger partial charge in [-0.1, -0.05) is 18.2 Å². The fourth-order valence-corrected chi connectivity index (χ4v) is 3.73. The molecule has 166 valence electrons. The number of amides is 1. The van der Waals surface area contributed by atoms with Crippen molar-refractivity contribution >= 4 is 17.6 Å². The molecule has 1 saturated heterocycles. The van der Waals surface area contributed by atoms with Crippen LogP contribution in [0.2, 0.25) is 0 Å². The van der Waals surface area contributed by atoms with E-state index >= 15 is 0 Å². The van der Waals surface area contributed by atoms with Gasteiger partial charge in [-0.2, -0.15) is 0 Å². The van der Waals surface area contributed by atoms with Crippen LogP contribution in [0.3, 0.4) is 0 Å². The highest BCUT2D eigenvalue weighted by molar-refractivity contribution is 5.68. The Balaban J connectivity index is 1.63. The molecule has 0 bridgehead atoms. The lowest BCUT2D eigenvalue weighted by atomic mass is 9.97. The Morgan fingerprint density at radius 2 is 1.84 bits per heavy atom. The first-order valence-electron chi connectivity index (χ1n) is 11.0. The van der Waals surface area contributed by atoms with Crippen LogP contribution in [-0.4, -0.2) is 44.6 Å². The fraction of sp³-hybridized carbons (Fsp3) is 0.360. The Hall–Kier alpha value is -3.48. The van der Waals surface area contributed by atoms with E-state index in [-0.39, 0.29) is 12.0 Å². The lowest BCUT2D eigenvalue weighted by Crippen LogP contribution is -2.42. The number of aromatic nitrogens is 3. The van der Waals surface area contributed by atoms with Crippen molar-refractivity contribution in [3.63, 3.8) is 0 Å². The number of carbonyl (C=O) groups is 1. The van der Waals surface area contributed by atoms with Gasteiger partial charge in [0.25, 0.3) is 0 Å². The molecule has 1 aromatic carbocycles. The quantitative estimate of drug-likeness (QED) is 0.596. The number of carbonyl (C=O) groups excluding carboxylic acids is 1. The third kappa shape index (κ3) is 5.60. The summed E-state index contributed by atoms with van der Waals surface area (Å²) in [5.41, 5.74) is 2.23. The van der Waals surface area contributed by atoms with Gasteiger partial charge in [-0.3, -0.25) is 4.98 Å². The summed E-state index contributed by atoms with van der Waals surface area (Å²) in [6.45, 7) is 6.88. The van der Waals surface area contributed by atoms with E-state index < -0.39 is 5.60 Å². The Morgan fingerprint density at radius 1 is 1.09 bits per heavy atom. The summed E-state index contributed by atoms with van der Waals surface area (Å²) < 4.78 is 5.58. The van der Waals surface area contributed by atoms with Gasteiger partial charge in [0.2, 0.25) is 0 Å². The minimum atomic E-state index is -0.519. The highest BCUT2D eigenvalue weighted by Gasteiger charge is 2.30.